The Hall–Kier alpha value is -3.54. The number of aldehydes is 1. The van der Waals surface area contributed by atoms with Gasteiger partial charge in [-0.05, 0) is 24.5 Å². The highest BCUT2D eigenvalue weighted by Gasteiger charge is 2.27. The number of rotatable bonds is 29. The molecule has 17 heteroatoms. The summed E-state index contributed by atoms with van der Waals surface area (Å²) in [6.07, 6.45) is 4.80. The number of nitrogens with two attached hydrogens (primary N) is 2. The van der Waals surface area contributed by atoms with Crippen molar-refractivity contribution >= 4 is 43.8 Å². The van der Waals surface area contributed by atoms with Crippen LogP contribution in [-0.2, 0) is 54.0 Å². The molecule has 0 aromatic heterocycles. The molecule has 0 saturated heterocycles. The number of nitrogens with zero attached hydrogens (tertiary/aromatic N) is 2. The van der Waals surface area contributed by atoms with E-state index in [0.717, 1.165) is 43.1 Å². The summed E-state index contributed by atoms with van der Waals surface area (Å²) < 4.78 is 31.9. The van der Waals surface area contributed by atoms with Gasteiger partial charge in [0.15, 0.2) is 0 Å². The van der Waals surface area contributed by atoms with Gasteiger partial charge in [-0.25, -0.2) is 10.7 Å². The molecule has 54 heavy (non-hydrogen) atoms. The lowest BCUT2D eigenvalue weighted by Gasteiger charge is -2.32. The normalized spacial score (nSPS) is 14.5. The van der Waals surface area contributed by atoms with Crippen LogP contribution >= 0.6 is 8.60 Å². The molecule has 0 saturated carbocycles. The van der Waals surface area contributed by atoms with Crippen molar-refractivity contribution in [2.45, 2.75) is 51.5 Å². The highest BCUT2D eigenvalue weighted by Crippen LogP contribution is 2.36. The quantitative estimate of drug-likeness (QED) is 0.0233. The van der Waals surface area contributed by atoms with Crippen molar-refractivity contribution in [3.05, 3.63) is 65.2 Å². The van der Waals surface area contributed by atoms with Gasteiger partial charge < -0.3 is 54.1 Å². The molecule has 2 aromatic carbocycles. The maximum Gasteiger partial charge on any atom is 0.360 e. The van der Waals surface area contributed by atoms with E-state index in [2.05, 4.69) is 14.9 Å². The van der Waals surface area contributed by atoms with Gasteiger partial charge >= 0.3 is 8.60 Å². The third-order valence-electron chi connectivity index (χ3n) is 8.20. The van der Waals surface area contributed by atoms with Crippen LogP contribution in [0, 0.1) is 0 Å². The van der Waals surface area contributed by atoms with E-state index in [1.165, 1.54) is 7.11 Å². The van der Waals surface area contributed by atoms with E-state index in [1.807, 2.05) is 48.5 Å². The predicted octanol–water partition coefficient (Wildman–Crippen LogP) is 3.42. The zero-order valence-corrected chi connectivity index (χ0v) is 32.1. The summed E-state index contributed by atoms with van der Waals surface area (Å²) in [5, 5.41) is 4.46. The van der Waals surface area contributed by atoms with Crippen LogP contribution in [0.5, 0.6) is 0 Å². The lowest BCUT2D eigenvalue weighted by Crippen LogP contribution is -2.37. The monoisotopic (exact) mass is 777 g/mol. The molecule has 2 aromatic rings. The van der Waals surface area contributed by atoms with Gasteiger partial charge in [-0.15, -0.1) is 0 Å². The van der Waals surface area contributed by atoms with Crippen LogP contribution in [0.3, 0.4) is 0 Å². The number of nitrogens with one attached hydrogen (secondary N) is 1. The molecule has 1 aliphatic rings. The number of fused-ring (bicyclic) bond motifs is 2. The van der Waals surface area contributed by atoms with Gasteiger partial charge in [0.25, 0.3) is 0 Å². The first-order valence-corrected chi connectivity index (χ1v) is 19.3. The molecule has 1 atom stereocenters. The Bertz CT molecular complexity index is 1440. The second kappa shape index (κ2) is 27.1. The summed E-state index contributed by atoms with van der Waals surface area (Å²) >= 11 is 0. The summed E-state index contributed by atoms with van der Waals surface area (Å²) in [6, 6.07) is 15.1. The number of unbranched alkanes of at least 4 members (excludes halogenated alkanes) is 3. The number of hydrogen-bond acceptors (Lipinski definition) is 14. The Kier molecular flexibility index (Phi) is 22.5. The van der Waals surface area contributed by atoms with Gasteiger partial charge in [-0.3, -0.25) is 9.59 Å². The van der Waals surface area contributed by atoms with Gasteiger partial charge in [0.05, 0.1) is 96.7 Å². The number of ether oxygens (including phenoxy) is 4. The SMILES string of the molecule is COOP(O)OCCCCCCNC(=O)CCOCCOCCOCCOCCN(N)/C1=C(\N)c2ccccc2N(C(=O)CCC=O)Cc2ccccc21. The van der Waals surface area contributed by atoms with Crippen LogP contribution in [0.15, 0.2) is 48.5 Å². The average molecular weight is 778 g/mol. The number of hydrogen-bond donors (Lipinski definition) is 4. The van der Waals surface area contributed by atoms with Crippen LogP contribution in [0.25, 0.3) is 11.4 Å². The maximum absolute atomic E-state index is 13.2. The number of amides is 2. The number of benzene rings is 2. The lowest BCUT2D eigenvalue weighted by atomic mass is 9.95. The number of para-hydroxylation sites is 1. The first kappa shape index (κ1) is 44.9. The third kappa shape index (κ3) is 16.4. The minimum Gasteiger partial charge on any atom is -0.396 e. The van der Waals surface area contributed by atoms with Crippen LogP contribution in [0.4, 0.5) is 5.69 Å². The first-order valence-electron chi connectivity index (χ1n) is 18.2. The minimum absolute atomic E-state index is 0.0525. The van der Waals surface area contributed by atoms with E-state index in [9.17, 15) is 19.3 Å². The molecule has 6 N–H and O–H groups in total. The molecule has 1 heterocycles. The van der Waals surface area contributed by atoms with Crippen molar-refractivity contribution in [1.29, 1.82) is 0 Å². The van der Waals surface area contributed by atoms with Gasteiger partial charge in [-0.1, -0.05) is 55.3 Å². The summed E-state index contributed by atoms with van der Waals surface area (Å²) in [5.74, 6) is 6.39. The Morgan fingerprint density at radius 1 is 0.852 bits per heavy atom. The molecule has 1 unspecified atom stereocenters. The zero-order chi connectivity index (χ0) is 38.8. The number of carbonyl (C=O) groups is 3. The Balaban J connectivity index is 1.25. The smallest absolute Gasteiger partial charge is 0.360 e. The molecule has 0 bridgehead atoms. The van der Waals surface area contributed by atoms with Crippen molar-refractivity contribution in [3.8, 4) is 0 Å². The number of anilines is 1. The first-order chi connectivity index (χ1) is 26.4. The van der Waals surface area contributed by atoms with Crippen molar-refractivity contribution in [1.82, 2.24) is 10.3 Å². The molecule has 0 spiro atoms. The molecule has 0 fully saturated rings. The molecule has 0 aliphatic carbocycles. The van der Waals surface area contributed by atoms with Crippen LogP contribution < -0.4 is 21.8 Å². The van der Waals surface area contributed by atoms with Gasteiger partial charge in [0, 0.05) is 36.9 Å². The molecule has 3 rings (SSSR count). The number of carbonyl (C=O) groups excluding carboxylic acids is 3. The fourth-order valence-corrected chi connectivity index (χ4v) is 5.99. The van der Waals surface area contributed by atoms with Crippen LogP contribution in [-0.4, -0.2) is 108 Å². The van der Waals surface area contributed by atoms with Crippen molar-refractivity contribution in [3.63, 3.8) is 0 Å². The van der Waals surface area contributed by atoms with E-state index < -0.39 is 8.60 Å². The molecule has 1 aliphatic heterocycles. The summed E-state index contributed by atoms with van der Waals surface area (Å²) in [7, 11) is -0.672. The topological polar surface area (TPSA) is 207 Å². The molecular weight excluding hydrogens is 721 g/mol. The van der Waals surface area contributed by atoms with Crippen molar-refractivity contribution in [2.75, 3.05) is 84.6 Å². The van der Waals surface area contributed by atoms with Crippen LogP contribution in [0.1, 0.15) is 61.6 Å². The Morgan fingerprint density at radius 2 is 1.48 bits per heavy atom. The maximum atomic E-state index is 13.2. The standard InChI is InChI=1S/C37H56N5O11P/c1-47-53-54(46)52-20-9-3-2-8-17-40-34(44)16-21-48-23-25-50-27-28-51-26-24-49-22-18-42(39)37-31-12-5-4-11-30(31)29-41(35(45)15-10-19-43)33-14-7-6-13-32(33)36(37)38/h4-7,11-14,19,46H,2-3,8-10,15-18,20-29,38-39H2,1H3,(H,40,44)/b37-36-. The molecule has 2 amide bonds. The molecular formula is C37H56N5O11P. The third-order valence-corrected chi connectivity index (χ3v) is 8.88. The minimum atomic E-state index is -1.98. The van der Waals surface area contributed by atoms with E-state index >= 15 is 0 Å². The zero-order valence-electron chi connectivity index (χ0n) is 31.2. The van der Waals surface area contributed by atoms with Crippen LogP contribution in [0.2, 0.25) is 0 Å². The highest BCUT2D eigenvalue weighted by molar-refractivity contribution is 7.40. The summed E-state index contributed by atoms with van der Waals surface area (Å²) in [5.41, 5.74) is 10.9. The van der Waals surface area contributed by atoms with Crippen molar-refractivity contribution in [2.24, 2.45) is 11.6 Å². The fourth-order valence-electron chi connectivity index (χ4n) is 5.53. The number of hydrazine groups is 1. The predicted molar refractivity (Wildman–Crippen MR) is 204 cm³/mol. The largest absolute Gasteiger partial charge is 0.396 e. The fraction of sp³-hybridized carbons (Fsp3) is 0.541. The van der Waals surface area contributed by atoms with E-state index in [4.69, 9.17) is 35.0 Å². The lowest BCUT2D eigenvalue weighted by molar-refractivity contribution is -0.187. The second-order valence-corrected chi connectivity index (χ2v) is 13.0. The second-order valence-electron chi connectivity index (χ2n) is 12.1. The van der Waals surface area contributed by atoms with Gasteiger partial charge in [0.1, 0.15) is 6.29 Å². The summed E-state index contributed by atoms with van der Waals surface area (Å²) in [6.45, 7) is 4.66. The Morgan fingerprint density at radius 3 is 2.19 bits per heavy atom. The van der Waals surface area contributed by atoms with E-state index in [0.29, 0.717) is 102 Å². The molecule has 16 nitrogen and oxygen atoms in total. The highest BCUT2D eigenvalue weighted by atomic mass is 31.2. The van der Waals surface area contributed by atoms with Crippen molar-refractivity contribution < 1.29 is 52.3 Å². The van der Waals surface area contributed by atoms with E-state index in [1.54, 1.807) is 9.91 Å². The average Bonchev–Trinajstić information content (AvgIpc) is 3.17. The van der Waals surface area contributed by atoms with Gasteiger partial charge in [0.2, 0.25) is 11.8 Å². The summed E-state index contributed by atoms with van der Waals surface area (Å²) in [4.78, 5) is 51.4. The Labute approximate surface area is 318 Å². The van der Waals surface area contributed by atoms with Gasteiger partial charge in [-0.2, -0.15) is 4.67 Å². The molecule has 300 valence electrons. The molecule has 0 radical (unpaired) electrons. The van der Waals surface area contributed by atoms with E-state index in [-0.39, 0.29) is 31.1 Å².